The minimum atomic E-state index is -4.31. The zero-order valence-electron chi connectivity index (χ0n) is 22.8. The maximum absolute atomic E-state index is 15.0. The summed E-state index contributed by atoms with van der Waals surface area (Å²) in [5.41, 5.74) is 1.58. The molecule has 0 bridgehead atoms. The molecule has 0 spiro atoms. The van der Waals surface area contributed by atoms with Crippen molar-refractivity contribution in [2.45, 2.75) is 64.1 Å². The Labute approximate surface area is 230 Å². The summed E-state index contributed by atoms with van der Waals surface area (Å²) < 4.78 is 43.2. The predicted octanol–water partition coefficient (Wildman–Crippen LogP) is 5.05. The summed E-state index contributed by atoms with van der Waals surface area (Å²) in [5.74, 6) is -1.73. The van der Waals surface area contributed by atoms with Crippen LogP contribution in [0.5, 0.6) is 0 Å². The molecule has 0 aliphatic carbocycles. The Balaban J connectivity index is 2.05. The van der Waals surface area contributed by atoms with Crippen LogP contribution in [0.25, 0.3) is 0 Å². The molecule has 0 saturated carbocycles. The smallest absolute Gasteiger partial charge is 0.264 e. The minimum Gasteiger partial charge on any atom is -0.352 e. The molecule has 2 amide bonds. The molecule has 9 heteroatoms. The van der Waals surface area contributed by atoms with Crippen molar-refractivity contribution in [2.24, 2.45) is 0 Å². The molecule has 3 aromatic carbocycles. The van der Waals surface area contributed by atoms with Crippen molar-refractivity contribution < 1.29 is 22.4 Å². The second-order valence-corrected chi connectivity index (χ2v) is 11.4. The van der Waals surface area contributed by atoms with E-state index in [0.717, 1.165) is 21.5 Å². The minimum absolute atomic E-state index is 0.0762. The van der Waals surface area contributed by atoms with Crippen LogP contribution in [-0.2, 0) is 26.2 Å². The van der Waals surface area contributed by atoms with Gasteiger partial charge in [-0.1, -0.05) is 74.0 Å². The highest BCUT2D eigenvalue weighted by atomic mass is 32.2. The van der Waals surface area contributed by atoms with E-state index in [1.165, 1.54) is 35.2 Å². The van der Waals surface area contributed by atoms with Crippen LogP contribution in [0.15, 0.2) is 83.8 Å². The molecule has 7 nitrogen and oxygen atoms in total. The first-order chi connectivity index (χ1) is 18.6. The zero-order chi connectivity index (χ0) is 28.6. The van der Waals surface area contributed by atoms with E-state index in [1.807, 2.05) is 45.0 Å². The number of hydrogen-bond donors (Lipinski definition) is 1. The lowest BCUT2D eigenvalue weighted by molar-refractivity contribution is -0.140. The van der Waals surface area contributed by atoms with Gasteiger partial charge < -0.3 is 10.2 Å². The third-order valence-corrected chi connectivity index (χ3v) is 8.37. The SMILES string of the molecule is CC[C@H](C(=O)N[C@@H](C)CC)N(Cc1ccc(C)cc1)C(=O)CN(c1ccccc1F)S(=O)(=O)c1ccccc1. The summed E-state index contributed by atoms with van der Waals surface area (Å²) in [7, 11) is -4.31. The van der Waals surface area contributed by atoms with E-state index in [-0.39, 0.29) is 29.1 Å². The molecule has 0 heterocycles. The third kappa shape index (κ3) is 7.44. The van der Waals surface area contributed by atoms with Gasteiger partial charge in [-0.05, 0) is 56.5 Å². The van der Waals surface area contributed by atoms with Gasteiger partial charge in [0.25, 0.3) is 10.0 Å². The number of amides is 2. The molecule has 0 aliphatic heterocycles. The topological polar surface area (TPSA) is 86.8 Å². The van der Waals surface area contributed by atoms with Gasteiger partial charge in [0.15, 0.2) is 0 Å². The van der Waals surface area contributed by atoms with Crippen LogP contribution in [0.1, 0.15) is 44.7 Å². The van der Waals surface area contributed by atoms with E-state index in [2.05, 4.69) is 5.32 Å². The van der Waals surface area contributed by atoms with Crippen molar-refractivity contribution in [1.82, 2.24) is 10.2 Å². The lowest BCUT2D eigenvalue weighted by atomic mass is 10.1. The number of carbonyl (C=O) groups excluding carboxylic acids is 2. The van der Waals surface area contributed by atoms with E-state index in [9.17, 15) is 22.4 Å². The summed E-state index contributed by atoms with van der Waals surface area (Å²) >= 11 is 0. The molecule has 0 unspecified atom stereocenters. The molecular weight excluding hydrogens is 517 g/mol. The molecule has 0 radical (unpaired) electrons. The maximum Gasteiger partial charge on any atom is 0.264 e. The van der Waals surface area contributed by atoms with Gasteiger partial charge in [0, 0.05) is 12.6 Å². The number of nitrogens with one attached hydrogen (secondary N) is 1. The van der Waals surface area contributed by atoms with Crippen LogP contribution in [-0.4, -0.2) is 43.8 Å². The highest BCUT2D eigenvalue weighted by Crippen LogP contribution is 2.27. The lowest BCUT2D eigenvalue weighted by Gasteiger charge is -2.33. The highest BCUT2D eigenvalue weighted by molar-refractivity contribution is 7.92. The summed E-state index contributed by atoms with van der Waals surface area (Å²) in [6.45, 7) is 6.97. The molecule has 39 heavy (non-hydrogen) atoms. The number of carbonyl (C=O) groups is 2. The number of para-hydroxylation sites is 1. The van der Waals surface area contributed by atoms with Crippen LogP contribution in [0.3, 0.4) is 0 Å². The lowest BCUT2D eigenvalue weighted by Crippen LogP contribution is -2.53. The quantitative estimate of drug-likeness (QED) is 0.340. The number of aryl methyl sites for hydroxylation is 1. The van der Waals surface area contributed by atoms with Gasteiger partial charge in [0.2, 0.25) is 11.8 Å². The first-order valence-electron chi connectivity index (χ1n) is 13.1. The molecule has 0 aromatic heterocycles. The number of anilines is 1. The van der Waals surface area contributed by atoms with Gasteiger partial charge in [0.05, 0.1) is 10.6 Å². The first-order valence-corrected chi connectivity index (χ1v) is 14.5. The third-order valence-electron chi connectivity index (χ3n) is 6.59. The molecule has 0 saturated heterocycles. The van der Waals surface area contributed by atoms with Crippen LogP contribution in [0, 0.1) is 12.7 Å². The number of rotatable bonds is 12. The fraction of sp³-hybridized carbons (Fsp3) is 0.333. The maximum atomic E-state index is 15.0. The van der Waals surface area contributed by atoms with Crippen molar-refractivity contribution in [3.8, 4) is 0 Å². The van der Waals surface area contributed by atoms with Crippen molar-refractivity contribution in [2.75, 3.05) is 10.8 Å². The van der Waals surface area contributed by atoms with Gasteiger partial charge in [-0.2, -0.15) is 0 Å². The second-order valence-electron chi connectivity index (χ2n) is 9.53. The van der Waals surface area contributed by atoms with Crippen molar-refractivity contribution >= 4 is 27.5 Å². The second kappa shape index (κ2) is 13.4. The van der Waals surface area contributed by atoms with Gasteiger partial charge in [-0.3, -0.25) is 13.9 Å². The van der Waals surface area contributed by atoms with Gasteiger partial charge >= 0.3 is 0 Å². The number of nitrogens with zero attached hydrogens (tertiary/aromatic N) is 2. The van der Waals surface area contributed by atoms with Crippen molar-refractivity contribution in [3.63, 3.8) is 0 Å². The summed E-state index contributed by atoms with van der Waals surface area (Å²) in [5, 5.41) is 2.94. The molecule has 3 rings (SSSR count). The van der Waals surface area contributed by atoms with Crippen molar-refractivity contribution in [3.05, 3.63) is 95.8 Å². The Morgan fingerprint density at radius 3 is 2.10 bits per heavy atom. The van der Waals surface area contributed by atoms with Crippen LogP contribution in [0.4, 0.5) is 10.1 Å². The van der Waals surface area contributed by atoms with E-state index in [1.54, 1.807) is 25.1 Å². The Kier molecular flexibility index (Phi) is 10.2. The fourth-order valence-electron chi connectivity index (χ4n) is 4.14. The normalized spacial score (nSPS) is 12.8. The Morgan fingerprint density at radius 1 is 0.897 bits per heavy atom. The molecule has 3 aromatic rings. The van der Waals surface area contributed by atoms with E-state index in [0.29, 0.717) is 12.8 Å². The Hall–Kier alpha value is -3.72. The van der Waals surface area contributed by atoms with Gasteiger partial charge in [-0.25, -0.2) is 12.8 Å². The monoisotopic (exact) mass is 553 g/mol. The number of sulfonamides is 1. The predicted molar refractivity (Wildman–Crippen MR) is 151 cm³/mol. The fourth-order valence-corrected chi connectivity index (χ4v) is 5.58. The molecule has 0 fully saturated rings. The summed E-state index contributed by atoms with van der Waals surface area (Å²) in [6, 6.07) is 19.6. The first kappa shape index (κ1) is 29.8. The average molecular weight is 554 g/mol. The van der Waals surface area contributed by atoms with E-state index >= 15 is 0 Å². The Morgan fingerprint density at radius 2 is 1.51 bits per heavy atom. The average Bonchev–Trinajstić information content (AvgIpc) is 2.93. The van der Waals surface area contributed by atoms with E-state index in [4.69, 9.17) is 0 Å². The summed E-state index contributed by atoms with van der Waals surface area (Å²) in [4.78, 5) is 28.5. The molecular formula is C30H36FN3O4S. The standard InChI is InChI=1S/C30H36FN3O4S/c1-5-23(4)32-30(36)27(6-2)33(20-24-18-16-22(3)17-19-24)29(35)21-34(28-15-11-10-14-26(28)31)39(37,38)25-12-8-7-9-13-25/h7-19,23,27H,5-6,20-21H2,1-4H3,(H,32,36)/t23-,27+/m0/s1. The van der Waals surface area contributed by atoms with Crippen LogP contribution >= 0.6 is 0 Å². The molecule has 2 atom stereocenters. The zero-order valence-corrected chi connectivity index (χ0v) is 23.6. The van der Waals surface area contributed by atoms with E-state index < -0.39 is 34.3 Å². The largest absolute Gasteiger partial charge is 0.352 e. The number of halogens is 1. The molecule has 208 valence electrons. The van der Waals surface area contributed by atoms with Crippen LogP contribution in [0.2, 0.25) is 0 Å². The van der Waals surface area contributed by atoms with Crippen molar-refractivity contribution in [1.29, 1.82) is 0 Å². The molecule has 1 N–H and O–H groups in total. The van der Waals surface area contributed by atoms with Crippen LogP contribution < -0.4 is 9.62 Å². The van der Waals surface area contributed by atoms with Gasteiger partial charge in [0.1, 0.15) is 18.4 Å². The number of hydrogen-bond acceptors (Lipinski definition) is 4. The highest BCUT2D eigenvalue weighted by Gasteiger charge is 2.34. The van der Waals surface area contributed by atoms with Gasteiger partial charge in [-0.15, -0.1) is 0 Å². The summed E-state index contributed by atoms with van der Waals surface area (Å²) in [6.07, 6.45) is 1.02. The number of benzene rings is 3. The molecule has 0 aliphatic rings. The Bertz CT molecular complexity index is 1360.